The normalized spacial score (nSPS) is 11.0. The maximum absolute atomic E-state index is 13.1. The second kappa shape index (κ2) is 12.1. The molecule has 1 N–H and O–H groups in total. The van der Waals surface area contributed by atoms with E-state index < -0.39 is 30.4 Å². The SMILES string of the molecule is COc1ccc(OC)c(C(C)NC(=O)N(CC(=O)[O-])Cc2ccc(F)cc2)c1.[K+]. The van der Waals surface area contributed by atoms with Gasteiger partial charge in [-0.15, -0.1) is 0 Å². The zero-order chi connectivity index (χ0) is 20.7. The largest absolute Gasteiger partial charge is 1.00 e. The van der Waals surface area contributed by atoms with Crippen LogP contribution in [-0.2, 0) is 11.3 Å². The number of urea groups is 1. The van der Waals surface area contributed by atoms with Crippen LogP contribution < -0.4 is 71.3 Å². The first-order valence-electron chi connectivity index (χ1n) is 8.55. The summed E-state index contributed by atoms with van der Waals surface area (Å²) in [5, 5.41) is 13.8. The van der Waals surface area contributed by atoms with Crippen LogP contribution in [0.5, 0.6) is 11.5 Å². The predicted octanol–water partition coefficient (Wildman–Crippen LogP) is -1.13. The minimum absolute atomic E-state index is 0. The summed E-state index contributed by atoms with van der Waals surface area (Å²) in [7, 11) is 3.04. The third kappa shape index (κ3) is 7.59. The number of ether oxygens (including phenoxy) is 2. The van der Waals surface area contributed by atoms with Crippen LogP contribution in [0.4, 0.5) is 9.18 Å². The molecule has 1 atom stereocenters. The van der Waals surface area contributed by atoms with E-state index >= 15 is 0 Å². The zero-order valence-corrected chi connectivity index (χ0v) is 20.0. The van der Waals surface area contributed by atoms with Gasteiger partial charge in [0.05, 0.1) is 32.8 Å². The molecule has 0 aliphatic carbocycles. The number of carbonyl (C=O) groups excluding carboxylic acids is 2. The van der Waals surface area contributed by atoms with Crippen LogP contribution in [0.3, 0.4) is 0 Å². The van der Waals surface area contributed by atoms with E-state index in [1.165, 1.54) is 38.5 Å². The third-order valence-corrected chi connectivity index (χ3v) is 4.14. The van der Waals surface area contributed by atoms with Crippen molar-refractivity contribution in [3.05, 3.63) is 59.4 Å². The topological polar surface area (TPSA) is 90.9 Å². The molecule has 2 aromatic carbocycles. The van der Waals surface area contributed by atoms with Gasteiger partial charge in [-0.1, -0.05) is 12.1 Å². The Morgan fingerprint density at radius 1 is 1.14 bits per heavy atom. The standard InChI is InChI=1S/C20H23FN2O5.K/c1-13(17-10-16(27-2)8-9-18(17)28-3)22-20(26)23(12-19(24)25)11-14-4-6-15(21)7-5-14;/h4-10,13H,11-12H2,1-3H3,(H,22,26)(H,24,25);/q;+1/p-1. The van der Waals surface area contributed by atoms with Crippen molar-refractivity contribution in [2.75, 3.05) is 20.8 Å². The van der Waals surface area contributed by atoms with Crippen LogP contribution in [0.1, 0.15) is 24.1 Å². The van der Waals surface area contributed by atoms with Crippen molar-refractivity contribution in [3.8, 4) is 11.5 Å². The Balaban J connectivity index is 0.00000420. The number of nitrogens with one attached hydrogen (secondary N) is 1. The number of hydrogen-bond acceptors (Lipinski definition) is 5. The summed E-state index contributed by atoms with van der Waals surface area (Å²) >= 11 is 0. The molecule has 1 unspecified atom stereocenters. The van der Waals surface area contributed by atoms with Gasteiger partial charge in [-0.3, -0.25) is 0 Å². The van der Waals surface area contributed by atoms with Crippen molar-refractivity contribution in [1.29, 1.82) is 0 Å². The number of carbonyl (C=O) groups is 2. The molecular weight excluding hydrogens is 406 g/mol. The second-order valence-electron chi connectivity index (χ2n) is 6.13. The van der Waals surface area contributed by atoms with E-state index in [1.807, 2.05) is 0 Å². The van der Waals surface area contributed by atoms with E-state index in [2.05, 4.69) is 5.32 Å². The number of carboxylic acids is 1. The fourth-order valence-corrected chi connectivity index (χ4v) is 2.70. The molecule has 0 bridgehead atoms. The average Bonchev–Trinajstić information content (AvgIpc) is 2.68. The van der Waals surface area contributed by atoms with Crippen molar-refractivity contribution < 1.29 is 79.9 Å². The first-order chi connectivity index (χ1) is 13.3. The molecule has 0 aliphatic rings. The number of rotatable bonds is 8. The van der Waals surface area contributed by atoms with E-state index in [1.54, 1.807) is 25.1 Å². The first kappa shape index (κ1) is 25.4. The Morgan fingerprint density at radius 3 is 2.34 bits per heavy atom. The number of hydrogen-bond donors (Lipinski definition) is 1. The van der Waals surface area contributed by atoms with Crippen LogP contribution in [0.25, 0.3) is 0 Å². The van der Waals surface area contributed by atoms with Crippen LogP contribution in [0.2, 0.25) is 0 Å². The Kier molecular flexibility index (Phi) is 10.6. The molecule has 0 saturated heterocycles. The predicted molar refractivity (Wildman–Crippen MR) is 98.3 cm³/mol. The number of halogens is 1. The summed E-state index contributed by atoms with van der Waals surface area (Å²) in [6, 6.07) is 9.54. The Morgan fingerprint density at radius 2 is 1.79 bits per heavy atom. The number of carboxylic acid groups (broad SMARTS) is 1. The molecule has 0 spiro atoms. The van der Waals surface area contributed by atoms with Gasteiger partial charge < -0.3 is 29.6 Å². The molecule has 0 heterocycles. The maximum atomic E-state index is 13.1. The van der Waals surface area contributed by atoms with Gasteiger partial charge in [0.15, 0.2) is 0 Å². The molecule has 2 rings (SSSR count). The molecule has 0 fully saturated rings. The van der Waals surface area contributed by atoms with Crippen molar-refractivity contribution >= 4 is 12.0 Å². The summed E-state index contributed by atoms with van der Waals surface area (Å²) in [5.41, 5.74) is 1.26. The van der Waals surface area contributed by atoms with Gasteiger partial charge in [-0.25, -0.2) is 9.18 Å². The third-order valence-electron chi connectivity index (χ3n) is 4.14. The van der Waals surface area contributed by atoms with Gasteiger partial charge in [0.2, 0.25) is 0 Å². The van der Waals surface area contributed by atoms with E-state index in [-0.39, 0.29) is 57.9 Å². The maximum Gasteiger partial charge on any atom is 1.00 e. The molecule has 0 radical (unpaired) electrons. The van der Waals surface area contributed by atoms with Crippen LogP contribution in [-0.4, -0.2) is 37.7 Å². The summed E-state index contributed by atoms with van der Waals surface area (Å²) in [4.78, 5) is 24.8. The van der Waals surface area contributed by atoms with Crippen LogP contribution in [0.15, 0.2) is 42.5 Å². The molecule has 9 heteroatoms. The summed E-state index contributed by atoms with van der Waals surface area (Å²) < 4.78 is 23.6. The van der Waals surface area contributed by atoms with E-state index in [4.69, 9.17) is 9.47 Å². The van der Waals surface area contributed by atoms with E-state index in [9.17, 15) is 19.1 Å². The monoisotopic (exact) mass is 428 g/mol. The fraction of sp³-hybridized carbons (Fsp3) is 0.300. The quantitative estimate of drug-likeness (QED) is 0.538. The van der Waals surface area contributed by atoms with Gasteiger partial charge in [0, 0.05) is 12.1 Å². The molecule has 0 aromatic heterocycles. The molecule has 150 valence electrons. The first-order valence-corrected chi connectivity index (χ1v) is 8.55. The molecular formula is C20H22FKN2O5. The minimum Gasteiger partial charge on any atom is -0.548 e. The molecule has 0 aliphatic heterocycles. The number of benzene rings is 2. The number of methoxy groups -OCH3 is 2. The average molecular weight is 429 g/mol. The molecule has 2 amide bonds. The van der Waals surface area contributed by atoms with Gasteiger partial charge in [0.25, 0.3) is 0 Å². The molecule has 29 heavy (non-hydrogen) atoms. The second-order valence-corrected chi connectivity index (χ2v) is 6.13. The van der Waals surface area contributed by atoms with Crippen LogP contribution >= 0.6 is 0 Å². The number of nitrogens with zero attached hydrogens (tertiary/aromatic N) is 1. The van der Waals surface area contributed by atoms with E-state index in [0.29, 0.717) is 22.6 Å². The number of aliphatic carboxylic acids is 1. The molecule has 2 aromatic rings. The van der Waals surface area contributed by atoms with Crippen molar-refractivity contribution in [2.24, 2.45) is 0 Å². The van der Waals surface area contributed by atoms with Gasteiger partial charge in [-0.05, 0) is 42.8 Å². The summed E-state index contributed by atoms with van der Waals surface area (Å²) in [6.07, 6.45) is 0. The smallest absolute Gasteiger partial charge is 0.548 e. The minimum atomic E-state index is -1.40. The fourth-order valence-electron chi connectivity index (χ4n) is 2.70. The summed E-state index contributed by atoms with van der Waals surface area (Å²) in [5.74, 6) is -0.671. The van der Waals surface area contributed by atoms with Gasteiger partial charge in [0.1, 0.15) is 17.3 Å². The van der Waals surface area contributed by atoms with Crippen LogP contribution in [0, 0.1) is 5.82 Å². The van der Waals surface area contributed by atoms with Gasteiger partial charge in [-0.2, -0.15) is 0 Å². The van der Waals surface area contributed by atoms with E-state index in [0.717, 1.165) is 4.90 Å². The van der Waals surface area contributed by atoms with Crippen molar-refractivity contribution in [3.63, 3.8) is 0 Å². The Bertz CT molecular complexity index is 832. The summed E-state index contributed by atoms with van der Waals surface area (Å²) in [6.45, 7) is 1.12. The van der Waals surface area contributed by atoms with Gasteiger partial charge >= 0.3 is 57.4 Å². The molecule has 7 nitrogen and oxygen atoms in total. The zero-order valence-electron chi connectivity index (χ0n) is 16.9. The number of amides is 2. The Labute approximate surface area is 211 Å². The van der Waals surface area contributed by atoms with Crippen molar-refractivity contribution in [2.45, 2.75) is 19.5 Å². The molecule has 0 saturated carbocycles. The Hall–Kier alpha value is -1.65. The van der Waals surface area contributed by atoms with Crippen molar-refractivity contribution in [1.82, 2.24) is 10.2 Å².